The van der Waals surface area contributed by atoms with Crippen molar-refractivity contribution in [3.63, 3.8) is 0 Å². The molecule has 0 radical (unpaired) electrons. The van der Waals surface area contributed by atoms with Crippen LogP contribution in [0.4, 0.5) is 4.79 Å². The first-order chi connectivity index (χ1) is 9.83. The van der Waals surface area contributed by atoms with Crippen LogP contribution in [0.2, 0.25) is 0 Å². The maximum atomic E-state index is 12.0. The second kappa shape index (κ2) is 8.55. The van der Waals surface area contributed by atoms with Crippen LogP contribution in [-0.4, -0.2) is 52.4 Å². The van der Waals surface area contributed by atoms with Gasteiger partial charge in [0.15, 0.2) is 0 Å². The fourth-order valence-electron chi connectivity index (χ4n) is 2.16. The van der Waals surface area contributed by atoms with Gasteiger partial charge in [-0.3, -0.25) is 0 Å². The van der Waals surface area contributed by atoms with Gasteiger partial charge < -0.3 is 14.7 Å². The number of thioether (sulfide) groups is 1. The van der Waals surface area contributed by atoms with Gasteiger partial charge in [0.1, 0.15) is 5.60 Å². The largest absolute Gasteiger partial charge is 0.444 e. The molecule has 0 aromatic rings. The number of ether oxygens (including phenoxy) is 1. The summed E-state index contributed by atoms with van der Waals surface area (Å²) >= 11 is 1.82. The van der Waals surface area contributed by atoms with Gasteiger partial charge in [0, 0.05) is 24.6 Å². The van der Waals surface area contributed by atoms with Crippen LogP contribution >= 0.6 is 11.8 Å². The Hall–Kier alpha value is -0.860. The number of rotatable bonds is 6. The molecule has 1 amide bonds. The van der Waals surface area contributed by atoms with Crippen molar-refractivity contribution in [2.24, 2.45) is 5.92 Å². The quantitative estimate of drug-likeness (QED) is 0.605. The minimum atomic E-state index is -0.494. The minimum absolute atomic E-state index is 0.134. The maximum absolute atomic E-state index is 12.0. The van der Waals surface area contributed by atoms with E-state index < -0.39 is 11.7 Å². The Kier molecular flexibility index (Phi) is 7.41. The third-order valence-electron chi connectivity index (χ3n) is 3.25. The minimum Gasteiger partial charge on any atom is -0.444 e. The van der Waals surface area contributed by atoms with E-state index in [0.29, 0.717) is 13.1 Å². The zero-order valence-corrected chi connectivity index (χ0v) is 14.1. The number of terminal acetylenes is 1. The molecule has 4 nitrogen and oxygen atoms in total. The fourth-order valence-corrected chi connectivity index (χ4v) is 3.36. The van der Waals surface area contributed by atoms with E-state index in [0.717, 1.165) is 30.8 Å². The molecule has 2 atom stereocenters. The van der Waals surface area contributed by atoms with E-state index in [2.05, 4.69) is 5.92 Å². The monoisotopic (exact) mass is 313 g/mol. The summed E-state index contributed by atoms with van der Waals surface area (Å²) in [6.45, 7) is 6.49. The highest BCUT2D eigenvalue weighted by molar-refractivity contribution is 7.99. The standard InChI is InChI=1S/C16H27NO3S/c1-5-6-7-8-9-21-12-13-10-17(11-14(13)18)15(19)20-16(2,3)4/h1,13-14,18H,6-12H2,2-4H3. The lowest BCUT2D eigenvalue weighted by Gasteiger charge is -2.24. The van der Waals surface area contributed by atoms with Crippen LogP contribution in [0, 0.1) is 18.3 Å². The van der Waals surface area contributed by atoms with Gasteiger partial charge in [0.2, 0.25) is 0 Å². The molecule has 0 aromatic heterocycles. The van der Waals surface area contributed by atoms with Gasteiger partial charge in [-0.1, -0.05) is 0 Å². The highest BCUT2D eigenvalue weighted by Gasteiger charge is 2.35. The number of likely N-dealkylation sites (tertiary alicyclic amines) is 1. The molecule has 0 bridgehead atoms. The van der Waals surface area contributed by atoms with Crippen molar-refractivity contribution < 1.29 is 14.6 Å². The normalized spacial score (nSPS) is 22.1. The predicted molar refractivity (Wildman–Crippen MR) is 87.3 cm³/mol. The van der Waals surface area contributed by atoms with E-state index >= 15 is 0 Å². The van der Waals surface area contributed by atoms with Crippen molar-refractivity contribution in [1.29, 1.82) is 0 Å². The molecule has 5 heteroatoms. The Morgan fingerprint density at radius 1 is 1.43 bits per heavy atom. The van der Waals surface area contributed by atoms with Crippen LogP contribution < -0.4 is 0 Å². The lowest BCUT2D eigenvalue weighted by molar-refractivity contribution is 0.0270. The van der Waals surface area contributed by atoms with E-state index in [-0.39, 0.29) is 12.0 Å². The summed E-state index contributed by atoms with van der Waals surface area (Å²) in [5, 5.41) is 10.1. The molecule has 0 aliphatic carbocycles. The van der Waals surface area contributed by atoms with Gasteiger partial charge in [-0.05, 0) is 39.4 Å². The van der Waals surface area contributed by atoms with Crippen molar-refractivity contribution in [3.05, 3.63) is 0 Å². The number of amides is 1. The highest BCUT2D eigenvalue weighted by Crippen LogP contribution is 2.23. The highest BCUT2D eigenvalue weighted by atomic mass is 32.2. The number of unbranched alkanes of at least 4 members (excludes halogenated alkanes) is 2. The first-order valence-electron chi connectivity index (χ1n) is 7.50. The van der Waals surface area contributed by atoms with E-state index in [9.17, 15) is 9.90 Å². The van der Waals surface area contributed by atoms with Crippen LogP contribution in [0.3, 0.4) is 0 Å². The molecular formula is C16H27NO3S. The number of β-amino-alcohol motifs (C(OH)–C–C–N with tert-alkyl or cyclic N) is 1. The van der Waals surface area contributed by atoms with Gasteiger partial charge in [0.05, 0.1) is 12.6 Å². The third-order valence-corrected chi connectivity index (χ3v) is 4.49. The first-order valence-corrected chi connectivity index (χ1v) is 8.66. The van der Waals surface area contributed by atoms with E-state index in [1.54, 1.807) is 4.90 Å². The Labute approximate surface area is 132 Å². The van der Waals surface area contributed by atoms with E-state index in [4.69, 9.17) is 11.2 Å². The Bertz CT molecular complexity index is 373. The molecule has 120 valence electrons. The number of aliphatic hydroxyl groups excluding tert-OH is 1. The molecular weight excluding hydrogens is 286 g/mol. The zero-order valence-electron chi connectivity index (χ0n) is 13.3. The lowest BCUT2D eigenvalue weighted by atomic mass is 10.1. The van der Waals surface area contributed by atoms with Crippen LogP contribution in [0.25, 0.3) is 0 Å². The van der Waals surface area contributed by atoms with Crippen molar-refractivity contribution in [2.45, 2.75) is 51.7 Å². The summed E-state index contributed by atoms with van der Waals surface area (Å²) in [5.41, 5.74) is -0.494. The molecule has 1 rings (SSSR count). The SMILES string of the molecule is C#CCCCCSCC1CN(C(=O)OC(C)(C)C)CC1O. The van der Waals surface area contributed by atoms with Crippen molar-refractivity contribution in [2.75, 3.05) is 24.6 Å². The van der Waals surface area contributed by atoms with Crippen molar-refractivity contribution in [3.8, 4) is 12.3 Å². The molecule has 1 aliphatic heterocycles. The van der Waals surface area contributed by atoms with Crippen LogP contribution in [0.15, 0.2) is 0 Å². The zero-order chi connectivity index (χ0) is 15.9. The summed E-state index contributed by atoms with van der Waals surface area (Å²) in [7, 11) is 0. The van der Waals surface area contributed by atoms with Gasteiger partial charge in [-0.15, -0.1) is 12.3 Å². The van der Waals surface area contributed by atoms with Crippen molar-refractivity contribution in [1.82, 2.24) is 4.90 Å². The first kappa shape index (κ1) is 18.2. The summed E-state index contributed by atoms with van der Waals surface area (Å²) in [6.07, 6.45) is 7.42. The molecule has 21 heavy (non-hydrogen) atoms. The van der Waals surface area contributed by atoms with E-state index in [1.807, 2.05) is 32.5 Å². The molecule has 0 aromatic carbocycles. The van der Waals surface area contributed by atoms with Gasteiger partial charge in [-0.2, -0.15) is 11.8 Å². The Morgan fingerprint density at radius 3 is 2.76 bits per heavy atom. The van der Waals surface area contributed by atoms with E-state index in [1.165, 1.54) is 0 Å². The molecule has 2 unspecified atom stereocenters. The number of carbonyl (C=O) groups excluding carboxylic acids is 1. The van der Waals surface area contributed by atoms with Gasteiger partial charge in [0.25, 0.3) is 0 Å². The smallest absolute Gasteiger partial charge is 0.410 e. The average Bonchev–Trinajstić information content (AvgIpc) is 2.73. The lowest BCUT2D eigenvalue weighted by Crippen LogP contribution is -2.35. The van der Waals surface area contributed by atoms with Crippen LogP contribution in [-0.2, 0) is 4.74 Å². The maximum Gasteiger partial charge on any atom is 0.410 e. The Balaban J connectivity index is 2.26. The molecule has 1 aliphatic rings. The molecule has 0 saturated carbocycles. The third kappa shape index (κ3) is 7.10. The van der Waals surface area contributed by atoms with Gasteiger partial charge in [-0.25, -0.2) is 4.79 Å². The summed E-state index contributed by atoms with van der Waals surface area (Å²) < 4.78 is 5.34. The molecule has 1 saturated heterocycles. The molecule has 1 heterocycles. The van der Waals surface area contributed by atoms with Crippen LogP contribution in [0.1, 0.15) is 40.0 Å². The number of nitrogens with zero attached hydrogens (tertiary/aromatic N) is 1. The Morgan fingerprint density at radius 2 is 2.14 bits per heavy atom. The second-order valence-electron chi connectivity index (χ2n) is 6.45. The second-order valence-corrected chi connectivity index (χ2v) is 7.60. The average molecular weight is 313 g/mol. The van der Waals surface area contributed by atoms with Gasteiger partial charge >= 0.3 is 6.09 Å². The molecule has 0 spiro atoms. The number of hydrogen-bond donors (Lipinski definition) is 1. The predicted octanol–water partition coefficient (Wildman–Crippen LogP) is 2.75. The summed E-state index contributed by atoms with van der Waals surface area (Å²) in [6, 6.07) is 0. The summed E-state index contributed by atoms with van der Waals surface area (Å²) in [4.78, 5) is 13.6. The summed E-state index contributed by atoms with van der Waals surface area (Å²) in [5.74, 6) is 4.70. The number of hydrogen-bond acceptors (Lipinski definition) is 4. The van der Waals surface area contributed by atoms with Crippen molar-refractivity contribution >= 4 is 17.9 Å². The fraction of sp³-hybridized carbons (Fsp3) is 0.812. The molecule has 1 fully saturated rings. The number of carbonyl (C=O) groups is 1. The molecule has 1 N–H and O–H groups in total. The van der Waals surface area contributed by atoms with Crippen LogP contribution in [0.5, 0.6) is 0 Å². The topological polar surface area (TPSA) is 49.8 Å². The number of aliphatic hydroxyl groups is 1.